The van der Waals surface area contributed by atoms with Gasteiger partial charge in [0.15, 0.2) is 0 Å². The maximum absolute atomic E-state index is 9.89. The van der Waals surface area contributed by atoms with E-state index in [1.165, 1.54) is 6.07 Å². The summed E-state index contributed by atoms with van der Waals surface area (Å²) < 4.78 is 6.99. The number of aromatic hydroxyl groups is 1. The van der Waals surface area contributed by atoms with E-state index in [2.05, 4.69) is 20.4 Å². The molecule has 1 unspecified atom stereocenters. The topological polar surface area (TPSA) is 111 Å². The molecule has 140 valence electrons. The van der Waals surface area contributed by atoms with Crippen molar-refractivity contribution in [2.24, 2.45) is 5.73 Å². The molecule has 1 aromatic carbocycles. The maximum atomic E-state index is 9.89. The average Bonchev–Trinajstić information content (AvgIpc) is 3.30. The van der Waals surface area contributed by atoms with Gasteiger partial charge in [-0.25, -0.2) is 9.97 Å². The number of nitrogens with one attached hydrogen (secondary N) is 1. The van der Waals surface area contributed by atoms with Gasteiger partial charge in [-0.05, 0) is 30.7 Å². The van der Waals surface area contributed by atoms with Crippen molar-refractivity contribution in [2.75, 3.05) is 18.5 Å². The summed E-state index contributed by atoms with van der Waals surface area (Å²) >= 11 is 6.09. The van der Waals surface area contributed by atoms with Crippen LogP contribution in [-0.2, 0) is 11.4 Å². The smallest absolute Gasteiger partial charge is 0.223 e. The molecule has 3 heterocycles. The van der Waals surface area contributed by atoms with Crippen molar-refractivity contribution in [2.45, 2.75) is 19.1 Å². The first-order valence-corrected chi connectivity index (χ1v) is 8.95. The standard InChI is InChI=1S/C18H19ClN6O2/c19-12-5-11(6-14(26)7-12)17-15(8-25(10-20)24-17)16-1-3-21-18(23-16)22-13-2-4-27-9-13/h1,3,5-8,13,26H,2,4,9-10,20H2,(H,21,22,23). The molecule has 1 aliphatic heterocycles. The number of hydrogen-bond acceptors (Lipinski definition) is 7. The van der Waals surface area contributed by atoms with Crippen LogP contribution in [-0.4, -0.2) is 44.1 Å². The molecule has 1 aliphatic rings. The number of phenols is 1. The van der Waals surface area contributed by atoms with Crippen LogP contribution in [0.4, 0.5) is 5.95 Å². The van der Waals surface area contributed by atoms with Crippen molar-refractivity contribution >= 4 is 17.5 Å². The van der Waals surface area contributed by atoms with E-state index < -0.39 is 0 Å². The molecule has 3 aromatic rings. The Morgan fingerprint density at radius 2 is 2.26 bits per heavy atom. The highest BCUT2D eigenvalue weighted by molar-refractivity contribution is 6.31. The maximum Gasteiger partial charge on any atom is 0.223 e. The molecule has 27 heavy (non-hydrogen) atoms. The van der Waals surface area contributed by atoms with E-state index in [-0.39, 0.29) is 18.5 Å². The first-order valence-electron chi connectivity index (χ1n) is 8.57. The molecule has 1 fully saturated rings. The Hall–Kier alpha value is -2.68. The number of nitrogens with zero attached hydrogens (tertiary/aromatic N) is 4. The fraction of sp³-hybridized carbons (Fsp3) is 0.278. The molecule has 0 saturated carbocycles. The molecule has 0 aliphatic carbocycles. The van der Waals surface area contributed by atoms with Gasteiger partial charge in [0, 0.05) is 35.2 Å². The van der Waals surface area contributed by atoms with Crippen LogP contribution in [0.5, 0.6) is 5.75 Å². The SMILES string of the molecule is NCn1cc(-c2ccnc(NC3CCOC3)n2)c(-c2cc(O)cc(Cl)c2)n1. The monoisotopic (exact) mass is 386 g/mol. The molecule has 4 rings (SSSR count). The van der Waals surface area contributed by atoms with Crippen molar-refractivity contribution in [3.8, 4) is 28.3 Å². The summed E-state index contributed by atoms with van der Waals surface area (Å²) in [5.74, 6) is 0.598. The van der Waals surface area contributed by atoms with Gasteiger partial charge >= 0.3 is 0 Å². The third-order valence-corrected chi connectivity index (χ3v) is 4.52. The largest absolute Gasteiger partial charge is 0.508 e. The van der Waals surface area contributed by atoms with Crippen molar-refractivity contribution < 1.29 is 9.84 Å². The van der Waals surface area contributed by atoms with Crippen molar-refractivity contribution in [1.82, 2.24) is 19.7 Å². The summed E-state index contributed by atoms with van der Waals surface area (Å²) in [6, 6.07) is 6.83. The van der Waals surface area contributed by atoms with E-state index in [0.29, 0.717) is 34.5 Å². The average molecular weight is 387 g/mol. The van der Waals surface area contributed by atoms with Gasteiger partial charge in [-0.1, -0.05) is 11.6 Å². The lowest BCUT2D eigenvalue weighted by Gasteiger charge is -2.11. The Kier molecular flexibility index (Phi) is 4.93. The lowest BCUT2D eigenvalue weighted by Crippen LogP contribution is -2.20. The van der Waals surface area contributed by atoms with Crippen LogP contribution < -0.4 is 11.1 Å². The number of benzene rings is 1. The molecule has 0 bridgehead atoms. The third kappa shape index (κ3) is 3.87. The minimum absolute atomic E-state index is 0.0667. The second-order valence-electron chi connectivity index (χ2n) is 6.28. The molecule has 8 nitrogen and oxygen atoms in total. The number of aromatic nitrogens is 4. The quantitative estimate of drug-likeness (QED) is 0.617. The molecule has 4 N–H and O–H groups in total. The number of hydrogen-bond donors (Lipinski definition) is 3. The van der Waals surface area contributed by atoms with E-state index >= 15 is 0 Å². The van der Waals surface area contributed by atoms with E-state index in [9.17, 15) is 5.11 Å². The summed E-state index contributed by atoms with van der Waals surface area (Å²) in [7, 11) is 0. The Labute approximate surface area is 161 Å². The van der Waals surface area contributed by atoms with Gasteiger partial charge in [-0.2, -0.15) is 5.10 Å². The summed E-state index contributed by atoms with van der Waals surface area (Å²) in [4.78, 5) is 8.91. The number of rotatable bonds is 5. The van der Waals surface area contributed by atoms with Gasteiger partial charge in [-0.15, -0.1) is 0 Å². The molecule has 0 radical (unpaired) electrons. The zero-order chi connectivity index (χ0) is 18.8. The fourth-order valence-corrected chi connectivity index (χ4v) is 3.26. The highest BCUT2D eigenvalue weighted by Crippen LogP contribution is 2.33. The van der Waals surface area contributed by atoms with Crippen LogP contribution in [0.3, 0.4) is 0 Å². The van der Waals surface area contributed by atoms with E-state index in [1.54, 1.807) is 23.0 Å². The van der Waals surface area contributed by atoms with Gasteiger partial charge in [0.05, 0.1) is 25.0 Å². The summed E-state index contributed by atoms with van der Waals surface area (Å²) in [6.45, 7) is 1.60. The van der Waals surface area contributed by atoms with E-state index in [1.807, 2.05) is 12.3 Å². The van der Waals surface area contributed by atoms with Crippen LogP contribution in [0.15, 0.2) is 36.7 Å². The predicted molar refractivity (Wildman–Crippen MR) is 102 cm³/mol. The number of nitrogens with two attached hydrogens (primary N) is 1. The van der Waals surface area contributed by atoms with Crippen LogP contribution in [0.2, 0.25) is 5.02 Å². The number of ether oxygens (including phenoxy) is 1. The van der Waals surface area contributed by atoms with Crippen molar-refractivity contribution in [3.05, 3.63) is 41.7 Å². The number of halogens is 1. The zero-order valence-corrected chi connectivity index (χ0v) is 15.2. The second-order valence-corrected chi connectivity index (χ2v) is 6.72. The minimum atomic E-state index is 0.0667. The lowest BCUT2D eigenvalue weighted by atomic mass is 10.1. The lowest BCUT2D eigenvalue weighted by molar-refractivity contribution is 0.195. The molecular weight excluding hydrogens is 368 g/mol. The summed E-state index contributed by atoms with van der Waals surface area (Å²) in [5.41, 5.74) is 8.53. The number of phenolic OH excluding ortho intramolecular Hbond substituents is 1. The van der Waals surface area contributed by atoms with Crippen LogP contribution in [0.1, 0.15) is 6.42 Å². The predicted octanol–water partition coefficient (Wildman–Crippen LogP) is 2.48. The summed E-state index contributed by atoms with van der Waals surface area (Å²) in [6.07, 6.45) is 4.43. The second kappa shape index (κ2) is 7.51. The van der Waals surface area contributed by atoms with Gasteiger partial charge in [0.2, 0.25) is 5.95 Å². The molecule has 0 spiro atoms. The van der Waals surface area contributed by atoms with Crippen molar-refractivity contribution in [1.29, 1.82) is 0 Å². The normalized spacial score (nSPS) is 16.6. The third-order valence-electron chi connectivity index (χ3n) is 4.30. The summed E-state index contributed by atoms with van der Waals surface area (Å²) in [5, 5.41) is 18.1. The van der Waals surface area contributed by atoms with Crippen LogP contribution in [0.25, 0.3) is 22.5 Å². The molecule has 9 heteroatoms. The van der Waals surface area contributed by atoms with Gasteiger partial charge in [-0.3, -0.25) is 4.68 Å². The van der Waals surface area contributed by atoms with Crippen LogP contribution >= 0.6 is 11.6 Å². The van der Waals surface area contributed by atoms with E-state index in [0.717, 1.165) is 18.6 Å². The molecule has 0 amide bonds. The Morgan fingerprint density at radius 3 is 3.00 bits per heavy atom. The highest BCUT2D eigenvalue weighted by Gasteiger charge is 2.19. The molecule has 1 saturated heterocycles. The van der Waals surface area contributed by atoms with E-state index in [4.69, 9.17) is 22.1 Å². The molecule has 2 aromatic heterocycles. The van der Waals surface area contributed by atoms with Gasteiger partial charge < -0.3 is 20.9 Å². The van der Waals surface area contributed by atoms with Gasteiger partial charge in [0.25, 0.3) is 0 Å². The molecular formula is C18H19ClN6O2. The zero-order valence-electron chi connectivity index (χ0n) is 14.5. The van der Waals surface area contributed by atoms with Crippen LogP contribution in [0, 0.1) is 0 Å². The molecule has 1 atom stereocenters. The van der Waals surface area contributed by atoms with Gasteiger partial charge in [0.1, 0.15) is 11.4 Å². The minimum Gasteiger partial charge on any atom is -0.508 e. The number of anilines is 1. The fourth-order valence-electron chi connectivity index (χ4n) is 3.04. The van der Waals surface area contributed by atoms with Crippen molar-refractivity contribution in [3.63, 3.8) is 0 Å². The Bertz CT molecular complexity index is 935. The first kappa shape index (κ1) is 17.7. The Morgan fingerprint density at radius 1 is 1.37 bits per heavy atom. The Balaban J connectivity index is 1.74. The highest BCUT2D eigenvalue weighted by atomic mass is 35.5. The first-order chi connectivity index (χ1) is 13.1.